The van der Waals surface area contributed by atoms with E-state index in [0.29, 0.717) is 36.1 Å². The SMILES string of the molecule is CCCOc1ccc(/C=C/C(=O)Nc2ccc(OCC(=O)N(C)C)cc2)cc1OCC. The summed E-state index contributed by atoms with van der Waals surface area (Å²) in [6.07, 6.45) is 4.08. The van der Waals surface area contributed by atoms with E-state index in [1.54, 1.807) is 44.4 Å². The zero-order valence-electron chi connectivity index (χ0n) is 18.5. The molecule has 0 heterocycles. The summed E-state index contributed by atoms with van der Waals surface area (Å²) >= 11 is 0. The van der Waals surface area contributed by atoms with E-state index in [9.17, 15) is 9.59 Å². The van der Waals surface area contributed by atoms with Crippen molar-refractivity contribution < 1.29 is 23.8 Å². The number of likely N-dealkylation sites (N-methyl/N-ethyl adjacent to an activating group) is 1. The van der Waals surface area contributed by atoms with E-state index in [0.717, 1.165) is 12.0 Å². The van der Waals surface area contributed by atoms with E-state index in [1.165, 1.54) is 11.0 Å². The number of carbonyl (C=O) groups is 2. The summed E-state index contributed by atoms with van der Waals surface area (Å²) in [5, 5.41) is 2.79. The molecule has 0 fully saturated rings. The van der Waals surface area contributed by atoms with Crippen LogP contribution in [-0.4, -0.2) is 50.6 Å². The Hall–Kier alpha value is -3.48. The monoisotopic (exact) mass is 426 g/mol. The van der Waals surface area contributed by atoms with Crippen molar-refractivity contribution in [2.75, 3.05) is 39.2 Å². The van der Waals surface area contributed by atoms with Gasteiger partial charge in [0.25, 0.3) is 5.91 Å². The zero-order valence-corrected chi connectivity index (χ0v) is 18.5. The third kappa shape index (κ3) is 8.04. The highest BCUT2D eigenvalue weighted by molar-refractivity contribution is 6.02. The first kappa shape index (κ1) is 23.8. The van der Waals surface area contributed by atoms with Gasteiger partial charge < -0.3 is 24.4 Å². The molecule has 2 rings (SSSR count). The van der Waals surface area contributed by atoms with Crippen LogP contribution in [0.2, 0.25) is 0 Å². The summed E-state index contributed by atoms with van der Waals surface area (Å²) in [5.74, 6) is 1.51. The van der Waals surface area contributed by atoms with Gasteiger partial charge in [-0.2, -0.15) is 0 Å². The van der Waals surface area contributed by atoms with Crippen LogP contribution in [0.15, 0.2) is 48.5 Å². The molecule has 1 N–H and O–H groups in total. The second-order valence-corrected chi connectivity index (χ2v) is 6.91. The number of anilines is 1. The number of hydrogen-bond acceptors (Lipinski definition) is 5. The van der Waals surface area contributed by atoms with Crippen molar-refractivity contribution in [2.24, 2.45) is 0 Å². The Bertz CT molecular complexity index is 891. The van der Waals surface area contributed by atoms with Crippen LogP contribution >= 0.6 is 0 Å². The van der Waals surface area contributed by atoms with Crippen LogP contribution in [0.3, 0.4) is 0 Å². The van der Waals surface area contributed by atoms with Crippen molar-refractivity contribution in [3.05, 3.63) is 54.1 Å². The largest absolute Gasteiger partial charge is 0.490 e. The van der Waals surface area contributed by atoms with Crippen LogP contribution in [-0.2, 0) is 9.59 Å². The lowest BCUT2D eigenvalue weighted by Gasteiger charge is -2.12. The molecule has 0 aliphatic rings. The van der Waals surface area contributed by atoms with E-state index in [2.05, 4.69) is 5.32 Å². The van der Waals surface area contributed by atoms with Crippen LogP contribution in [0.4, 0.5) is 5.69 Å². The molecule has 0 aliphatic carbocycles. The smallest absolute Gasteiger partial charge is 0.259 e. The Morgan fingerprint density at radius 2 is 1.71 bits per heavy atom. The molecular formula is C24H30N2O5. The van der Waals surface area contributed by atoms with Gasteiger partial charge in [-0.1, -0.05) is 13.0 Å². The van der Waals surface area contributed by atoms with Gasteiger partial charge in [0.2, 0.25) is 5.91 Å². The molecule has 2 aromatic carbocycles. The Morgan fingerprint density at radius 3 is 2.35 bits per heavy atom. The van der Waals surface area contributed by atoms with Crippen molar-refractivity contribution in [3.63, 3.8) is 0 Å². The number of rotatable bonds is 11. The second-order valence-electron chi connectivity index (χ2n) is 6.91. The van der Waals surface area contributed by atoms with Gasteiger partial charge in [0.15, 0.2) is 18.1 Å². The van der Waals surface area contributed by atoms with Crippen molar-refractivity contribution >= 4 is 23.6 Å². The van der Waals surface area contributed by atoms with E-state index in [-0.39, 0.29) is 18.4 Å². The predicted octanol–water partition coefficient (Wildman–Crippen LogP) is 3.99. The fourth-order valence-electron chi connectivity index (χ4n) is 2.49. The van der Waals surface area contributed by atoms with Crippen molar-refractivity contribution in [1.82, 2.24) is 4.90 Å². The summed E-state index contributed by atoms with van der Waals surface area (Å²) in [5.41, 5.74) is 1.45. The van der Waals surface area contributed by atoms with Crippen LogP contribution < -0.4 is 19.5 Å². The average molecular weight is 427 g/mol. The van der Waals surface area contributed by atoms with E-state index in [4.69, 9.17) is 14.2 Å². The number of nitrogens with zero attached hydrogens (tertiary/aromatic N) is 1. The number of nitrogens with one attached hydrogen (secondary N) is 1. The lowest BCUT2D eigenvalue weighted by Crippen LogP contribution is -2.27. The van der Waals surface area contributed by atoms with Crippen LogP contribution in [0.25, 0.3) is 6.08 Å². The molecule has 0 aliphatic heterocycles. The van der Waals surface area contributed by atoms with Crippen molar-refractivity contribution in [2.45, 2.75) is 20.3 Å². The standard InChI is InChI=1S/C24H30N2O5/c1-5-15-30-21-13-7-18(16-22(21)29-6-2)8-14-23(27)25-19-9-11-20(12-10-19)31-17-24(28)26(3)4/h7-14,16H,5-6,15,17H2,1-4H3,(H,25,27)/b14-8+. The highest BCUT2D eigenvalue weighted by atomic mass is 16.5. The second kappa shape index (κ2) is 12.3. The van der Waals surface area contributed by atoms with Crippen molar-refractivity contribution in [1.29, 1.82) is 0 Å². The molecule has 0 unspecified atom stereocenters. The Morgan fingerprint density at radius 1 is 0.968 bits per heavy atom. The van der Waals surface area contributed by atoms with Crippen molar-refractivity contribution in [3.8, 4) is 17.2 Å². The van der Waals surface area contributed by atoms with Crippen LogP contribution in [0.5, 0.6) is 17.2 Å². The molecule has 0 spiro atoms. The maximum Gasteiger partial charge on any atom is 0.259 e. The molecule has 2 aromatic rings. The molecule has 0 atom stereocenters. The summed E-state index contributed by atoms with van der Waals surface area (Å²) in [4.78, 5) is 25.3. The molecule has 31 heavy (non-hydrogen) atoms. The number of benzene rings is 2. The summed E-state index contributed by atoms with van der Waals surface area (Å²) in [6.45, 7) is 5.07. The first-order valence-corrected chi connectivity index (χ1v) is 10.2. The molecule has 0 radical (unpaired) electrons. The zero-order chi connectivity index (χ0) is 22.6. The molecule has 2 amide bonds. The number of carbonyl (C=O) groups excluding carboxylic acids is 2. The minimum absolute atomic E-state index is 0.0343. The van der Waals surface area contributed by atoms with Gasteiger partial charge >= 0.3 is 0 Å². The predicted molar refractivity (Wildman–Crippen MR) is 122 cm³/mol. The summed E-state index contributed by atoms with van der Waals surface area (Å²) < 4.78 is 16.8. The van der Waals surface area contributed by atoms with Gasteiger partial charge in [-0.05, 0) is 61.4 Å². The summed E-state index contributed by atoms with van der Waals surface area (Å²) in [6, 6.07) is 12.4. The van der Waals surface area contributed by atoms with Crippen LogP contribution in [0, 0.1) is 0 Å². The quantitative estimate of drug-likeness (QED) is 0.550. The molecule has 7 nitrogen and oxygen atoms in total. The van der Waals surface area contributed by atoms with Crippen LogP contribution in [0.1, 0.15) is 25.8 Å². The fraction of sp³-hybridized carbons (Fsp3) is 0.333. The molecule has 166 valence electrons. The van der Waals surface area contributed by atoms with Gasteiger partial charge in [0.1, 0.15) is 5.75 Å². The molecule has 0 aromatic heterocycles. The Labute approximate surface area is 183 Å². The first-order chi connectivity index (χ1) is 14.9. The van der Waals surface area contributed by atoms with Gasteiger partial charge in [-0.25, -0.2) is 0 Å². The minimum Gasteiger partial charge on any atom is -0.490 e. The van der Waals surface area contributed by atoms with E-state index < -0.39 is 0 Å². The maximum absolute atomic E-state index is 12.2. The number of amides is 2. The highest BCUT2D eigenvalue weighted by Crippen LogP contribution is 2.29. The fourth-order valence-corrected chi connectivity index (χ4v) is 2.49. The van der Waals surface area contributed by atoms with Gasteiger partial charge in [0.05, 0.1) is 13.2 Å². The summed E-state index contributed by atoms with van der Waals surface area (Å²) in [7, 11) is 3.34. The molecule has 0 saturated carbocycles. The maximum atomic E-state index is 12.2. The lowest BCUT2D eigenvalue weighted by atomic mass is 10.2. The topological polar surface area (TPSA) is 77.1 Å². The Kier molecular flexibility index (Phi) is 9.42. The average Bonchev–Trinajstić information content (AvgIpc) is 2.76. The molecule has 7 heteroatoms. The third-order valence-corrected chi connectivity index (χ3v) is 4.14. The molecule has 0 bridgehead atoms. The third-order valence-electron chi connectivity index (χ3n) is 4.14. The van der Waals surface area contributed by atoms with E-state index >= 15 is 0 Å². The minimum atomic E-state index is -0.263. The van der Waals surface area contributed by atoms with Gasteiger partial charge in [0, 0.05) is 25.9 Å². The number of ether oxygens (including phenoxy) is 3. The first-order valence-electron chi connectivity index (χ1n) is 10.2. The number of hydrogen-bond donors (Lipinski definition) is 1. The molecule has 0 saturated heterocycles. The highest BCUT2D eigenvalue weighted by Gasteiger charge is 2.07. The molecular weight excluding hydrogens is 396 g/mol. The normalized spacial score (nSPS) is 10.6. The lowest BCUT2D eigenvalue weighted by molar-refractivity contribution is -0.130. The van der Waals surface area contributed by atoms with Gasteiger partial charge in [-0.3, -0.25) is 9.59 Å². The Balaban J connectivity index is 1.94. The van der Waals surface area contributed by atoms with Gasteiger partial charge in [-0.15, -0.1) is 0 Å². The van der Waals surface area contributed by atoms with E-state index in [1.807, 2.05) is 32.0 Å².